The fourth-order valence-electron chi connectivity index (χ4n) is 5.66. The molecule has 0 radical (unpaired) electrons. The number of fused-ring (bicyclic) bond motifs is 1. The number of likely N-dealkylation sites (N-methyl/N-ethyl adjacent to an activating group) is 1. The SMILES string of the molecule is CN1CCCN(c2cc3nc(-c4nn(C5CCCCO5)cc4N4CCCCC4)[nH]c3cc2F)CC1. The van der Waals surface area contributed by atoms with Crippen molar-refractivity contribution in [3.05, 3.63) is 24.1 Å². The number of hydrogen-bond donors (Lipinski definition) is 1. The van der Waals surface area contributed by atoms with Crippen LogP contribution >= 0.6 is 0 Å². The second-order valence-electron chi connectivity index (χ2n) is 10.3. The Morgan fingerprint density at radius 3 is 2.57 bits per heavy atom. The first-order valence-corrected chi connectivity index (χ1v) is 13.2. The predicted octanol–water partition coefficient (Wildman–Crippen LogP) is 4.40. The monoisotopic (exact) mass is 481 g/mol. The van der Waals surface area contributed by atoms with Crippen LogP contribution in [0.15, 0.2) is 18.3 Å². The van der Waals surface area contributed by atoms with Gasteiger partial charge in [0.25, 0.3) is 0 Å². The molecule has 3 aromatic rings. The number of nitrogens with one attached hydrogen (secondary N) is 1. The number of hydrogen-bond acceptors (Lipinski definition) is 6. The number of imidazole rings is 1. The molecule has 0 spiro atoms. The maximum absolute atomic E-state index is 15.2. The third-order valence-corrected chi connectivity index (χ3v) is 7.70. The minimum atomic E-state index is -0.199. The van der Waals surface area contributed by atoms with E-state index in [1.54, 1.807) is 6.07 Å². The van der Waals surface area contributed by atoms with E-state index in [4.69, 9.17) is 14.8 Å². The molecule has 2 aromatic heterocycles. The summed E-state index contributed by atoms with van der Waals surface area (Å²) in [6, 6.07) is 3.50. The van der Waals surface area contributed by atoms with Crippen molar-refractivity contribution in [2.24, 2.45) is 0 Å². The van der Waals surface area contributed by atoms with E-state index in [-0.39, 0.29) is 12.0 Å². The van der Waals surface area contributed by atoms with Crippen LogP contribution in [0.2, 0.25) is 0 Å². The average molecular weight is 482 g/mol. The zero-order valence-electron chi connectivity index (χ0n) is 20.7. The Morgan fingerprint density at radius 1 is 0.914 bits per heavy atom. The molecular formula is C26H36FN7O. The van der Waals surface area contributed by atoms with Crippen molar-refractivity contribution in [2.45, 2.75) is 51.2 Å². The Labute approximate surface area is 206 Å². The second kappa shape index (κ2) is 9.78. The Morgan fingerprint density at radius 2 is 1.74 bits per heavy atom. The van der Waals surface area contributed by atoms with Gasteiger partial charge in [0.2, 0.25) is 0 Å². The summed E-state index contributed by atoms with van der Waals surface area (Å²) < 4.78 is 23.2. The number of benzene rings is 1. The lowest BCUT2D eigenvalue weighted by Gasteiger charge is -2.28. The zero-order valence-corrected chi connectivity index (χ0v) is 20.7. The minimum Gasteiger partial charge on any atom is -0.368 e. The molecule has 0 saturated carbocycles. The van der Waals surface area contributed by atoms with E-state index >= 15 is 4.39 Å². The highest BCUT2D eigenvalue weighted by Crippen LogP contribution is 2.35. The van der Waals surface area contributed by atoms with Gasteiger partial charge >= 0.3 is 0 Å². The zero-order chi connectivity index (χ0) is 23.8. The molecule has 1 atom stereocenters. The topological polar surface area (TPSA) is 65.5 Å². The third kappa shape index (κ3) is 4.63. The van der Waals surface area contributed by atoms with Gasteiger partial charge in [-0.2, -0.15) is 5.10 Å². The molecule has 3 aliphatic heterocycles. The van der Waals surface area contributed by atoms with Gasteiger partial charge in [-0.05, 0) is 64.6 Å². The van der Waals surface area contributed by atoms with Gasteiger partial charge in [-0.3, -0.25) is 0 Å². The Bertz CT molecular complexity index is 1160. The maximum Gasteiger partial charge on any atom is 0.161 e. The van der Waals surface area contributed by atoms with E-state index in [0.29, 0.717) is 17.0 Å². The summed E-state index contributed by atoms with van der Waals surface area (Å²) in [5, 5.41) is 4.98. The van der Waals surface area contributed by atoms with Crippen molar-refractivity contribution in [3.63, 3.8) is 0 Å². The van der Waals surface area contributed by atoms with E-state index in [2.05, 4.69) is 32.9 Å². The summed E-state index contributed by atoms with van der Waals surface area (Å²) in [5.74, 6) is 0.497. The lowest BCUT2D eigenvalue weighted by molar-refractivity contribution is -0.0393. The smallest absolute Gasteiger partial charge is 0.161 e. The number of piperidine rings is 1. The van der Waals surface area contributed by atoms with E-state index < -0.39 is 0 Å². The number of aromatic nitrogens is 4. The summed E-state index contributed by atoms with van der Waals surface area (Å²) in [6.07, 6.45) is 9.99. The summed E-state index contributed by atoms with van der Waals surface area (Å²) in [6.45, 7) is 6.47. The van der Waals surface area contributed by atoms with Crippen LogP contribution in [0, 0.1) is 5.82 Å². The van der Waals surface area contributed by atoms with E-state index in [0.717, 1.165) is 88.5 Å². The van der Waals surface area contributed by atoms with E-state index in [9.17, 15) is 0 Å². The van der Waals surface area contributed by atoms with Gasteiger partial charge in [0.1, 0.15) is 12.0 Å². The van der Waals surface area contributed by atoms with Crippen molar-refractivity contribution in [2.75, 3.05) is 62.7 Å². The summed E-state index contributed by atoms with van der Waals surface area (Å²) in [5.41, 5.74) is 4.05. The first kappa shape index (κ1) is 22.8. The number of nitrogens with zero attached hydrogens (tertiary/aromatic N) is 6. The number of ether oxygens (including phenoxy) is 1. The molecule has 5 heterocycles. The van der Waals surface area contributed by atoms with Crippen LogP contribution in [0.1, 0.15) is 51.2 Å². The molecule has 6 rings (SSSR count). The molecular weight excluding hydrogens is 445 g/mol. The van der Waals surface area contributed by atoms with Gasteiger partial charge in [0.05, 0.1) is 28.6 Å². The highest BCUT2D eigenvalue weighted by Gasteiger charge is 2.26. The number of rotatable bonds is 4. The Balaban J connectivity index is 1.37. The van der Waals surface area contributed by atoms with Crippen LogP contribution in [0.3, 0.4) is 0 Å². The standard InChI is InChI=1S/C26H36FN7O/c1-31-9-7-12-33(14-13-31)22-17-21-20(16-19(22)27)28-26(29-21)25-23(32-10-4-2-5-11-32)18-34(30-25)24-8-3-6-15-35-24/h16-18,24H,2-15H2,1H3,(H,28,29). The van der Waals surface area contributed by atoms with Crippen molar-refractivity contribution in [1.82, 2.24) is 24.6 Å². The maximum atomic E-state index is 15.2. The molecule has 3 saturated heterocycles. The summed E-state index contributed by atoms with van der Waals surface area (Å²) >= 11 is 0. The molecule has 1 unspecified atom stereocenters. The number of aromatic amines is 1. The van der Waals surface area contributed by atoms with Crippen LogP contribution in [-0.4, -0.2) is 77.6 Å². The predicted molar refractivity (Wildman–Crippen MR) is 137 cm³/mol. The molecule has 35 heavy (non-hydrogen) atoms. The molecule has 0 aliphatic carbocycles. The third-order valence-electron chi connectivity index (χ3n) is 7.70. The van der Waals surface area contributed by atoms with E-state index in [1.807, 2.05) is 10.7 Å². The van der Waals surface area contributed by atoms with Crippen LogP contribution in [0.25, 0.3) is 22.6 Å². The van der Waals surface area contributed by atoms with Gasteiger partial charge < -0.3 is 24.4 Å². The minimum absolute atomic E-state index is 0.0318. The Kier molecular flexibility index (Phi) is 6.37. The summed E-state index contributed by atoms with van der Waals surface area (Å²) in [4.78, 5) is 15.2. The molecule has 1 N–H and O–H groups in total. The van der Waals surface area contributed by atoms with Crippen LogP contribution in [0.4, 0.5) is 15.8 Å². The highest BCUT2D eigenvalue weighted by molar-refractivity contribution is 5.84. The average Bonchev–Trinajstić information content (AvgIpc) is 3.45. The summed E-state index contributed by atoms with van der Waals surface area (Å²) in [7, 11) is 2.13. The lowest BCUT2D eigenvalue weighted by atomic mass is 10.1. The number of halogens is 1. The molecule has 1 aromatic carbocycles. The van der Waals surface area contributed by atoms with Crippen molar-refractivity contribution >= 4 is 22.4 Å². The normalized spacial score (nSPS) is 22.6. The fourth-order valence-corrected chi connectivity index (χ4v) is 5.66. The first-order valence-electron chi connectivity index (χ1n) is 13.2. The first-order chi connectivity index (χ1) is 17.2. The number of H-pyrrole nitrogens is 1. The van der Waals surface area contributed by atoms with Crippen LogP contribution < -0.4 is 9.80 Å². The molecule has 8 nitrogen and oxygen atoms in total. The molecule has 3 fully saturated rings. The molecule has 9 heteroatoms. The van der Waals surface area contributed by atoms with Crippen molar-refractivity contribution in [3.8, 4) is 11.5 Å². The highest BCUT2D eigenvalue weighted by atomic mass is 19.1. The van der Waals surface area contributed by atoms with Gasteiger partial charge in [0.15, 0.2) is 11.5 Å². The number of anilines is 2. The molecule has 3 aliphatic rings. The van der Waals surface area contributed by atoms with Crippen LogP contribution in [-0.2, 0) is 4.74 Å². The molecule has 188 valence electrons. The fraction of sp³-hybridized carbons (Fsp3) is 0.615. The quantitative estimate of drug-likeness (QED) is 0.596. The van der Waals surface area contributed by atoms with Gasteiger partial charge in [-0.1, -0.05) is 0 Å². The van der Waals surface area contributed by atoms with Crippen molar-refractivity contribution < 1.29 is 9.13 Å². The largest absolute Gasteiger partial charge is 0.368 e. The Hall–Kier alpha value is -2.65. The van der Waals surface area contributed by atoms with Gasteiger partial charge in [-0.25, -0.2) is 14.1 Å². The van der Waals surface area contributed by atoms with Gasteiger partial charge in [0, 0.05) is 45.4 Å². The molecule has 0 amide bonds. The second-order valence-corrected chi connectivity index (χ2v) is 10.3. The van der Waals surface area contributed by atoms with E-state index in [1.165, 1.54) is 19.3 Å². The van der Waals surface area contributed by atoms with Crippen molar-refractivity contribution in [1.29, 1.82) is 0 Å². The lowest BCUT2D eigenvalue weighted by Crippen LogP contribution is -2.29. The molecule has 0 bridgehead atoms. The van der Waals surface area contributed by atoms with Crippen LogP contribution in [0.5, 0.6) is 0 Å². The van der Waals surface area contributed by atoms with Gasteiger partial charge in [-0.15, -0.1) is 0 Å².